The molecule has 1 saturated heterocycles. The minimum Gasteiger partial charge on any atom is -0.409 e. The number of aliphatic hydroxyl groups excluding tert-OH is 1. The van der Waals surface area contributed by atoms with Crippen LogP contribution in [0.5, 0.6) is 5.75 Å². The third-order valence-corrected chi connectivity index (χ3v) is 4.41. The number of piperidine rings is 1. The van der Waals surface area contributed by atoms with Crippen molar-refractivity contribution < 1.29 is 19.4 Å². The van der Waals surface area contributed by atoms with Crippen LogP contribution >= 0.6 is 0 Å². The van der Waals surface area contributed by atoms with Crippen LogP contribution in [0.25, 0.3) is 0 Å². The topological polar surface area (TPSA) is 104 Å². The summed E-state index contributed by atoms with van der Waals surface area (Å²) >= 11 is 0. The van der Waals surface area contributed by atoms with E-state index in [0.29, 0.717) is 37.2 Å². The monoisotopic (exact) mass is 370 g/mol. The van der Waals surface area contributed by atoms with Crippen molar-refractivity contribution >= 4 is 12.0 Å². The third kappa shape index (κ3) is 5.25. The van der Waals surface area contributed by atoms with Gasteiger partial charge in [0.05, 0.1) is 6.20 Å². The molecule has 0 spiro atoms. The van der Waals surface area contributed by atoms with Crippen LogP contribution in [0.4, 0.5) is 4.79 Å². The molecule has 0 aliphatic carbocycles. The van der Waals surface area contributed by atoms with Crippen molar-refractivity contribution in [2.75, 3.05) is 13.1 Å². The van der Waals surface area contributed by atoms with E-state index >= 15 is 0 Å². The molecule has 1 atom stereocenters. The van der Waals surface area contributed by atoms with Gasteiger partial charge >= 0.3 is 6.09 Å². The maximum absolute atomic E-state index is 12.3. The first-order valence-corrected chi connectivity index (χ1v) is 8.78. The molecule has 1 aliphatic heterocycles. The molecule has 3 rings (SSSR count). The molecule has 142 valence electrons. The Morgan fingerprint density at radius 3 is 2.56 bits per heavy atom. The number of ether oxygens (including phenoxy) is 1. The Labute approximate surface area is 157 Å². The number of aromatic nitrogens is 1. The van der Waals surface area contributed by atoms with Gasteiger partial charge in [0, 0.05) is 25.2 Å². The minimum atomic E-state index is -0.982. The first-order chi connectivity index (χ1) is 13.1. The fourth-order valence-corrected chi connectivity index (χ4v) is 2.86. The lowest BCUT2D eigenvalue weighted by Gasteiger charge is -2.30. The van der Waals surface area contributed by atoms with E-state index < -0.39 is 12.3 Å². The van der Waals surface area contributed by atoms with E-state index in [1.54, 1.807) is 35.4 Å². The summed E-state index contributed by atoms with van der Waals surface area (Å²) in [6.45, 7) is 0.858. The number of nitrogens with zero attached hydrogens (tertiary/aromatic N) is 2. The van der Waals surface area contributed by atoms with Gasteiger partial charge in [-0.15, -0.1) is 0 Å². The van der Waals surface area contributed by atoms with Crippen molar-refractivity contribution in [3.05, 3.63) is 60.4 Å². The lowest BCUT2D eigenvalue weighted by molar-refractivity contribution is -0.128. The third-order valence-electron chi connectivity index (χ3n) is 4.41. The molecule has 27 heavy (non-hydrogen) atoms. The summed E-state index contributed by atoms with van der Waals surface area (Å²) < 4.78 is 5.26. The van der Waals surface area contributed by atoms with Crippen molar-refractivity contribution in [2.24, 2.45) is 5.92 Å². The van der Waals surface area contributed by atoms with E-state index in [1.807, 2.05) is 18.2 Å². The Hall–Kier alpha value is -2.97. The number of likely N-dealkylation sites (tertiary alicyclic amines) is 1. The average Bonchev–Trinajstić information content (AvgIpc) is 2.73. The molecule has 1 aromatic carbocycles. The summed E-state index contributed by atoms with van der Waals surface area (Å²) in [5, 5.41) is 10.0. The van der Waals surface area contributed by atoms with Gasteiger partial charge in [-0.3, -0.25) is 15.2 Å². The zero-order valence-corrected chi connectivity index (χ0v) is 14.7. The van der Waals surface area contributed by atoms with Crippen molar-refractivity contribution in [3.8, 4) is 5.75 Å². The van der Waals surface area contributed by atoms with Gasteiger partial charge in [-0.25, -0.2) is 10.2 Å². The number of pyridine rings is 1. The maximum Gasteiger partial charge on any atom is 0.415 e. The molecule has 1 fully saturated rings. The summed E-state index contributed by atoms with van der Waals surface area (Å²) in [6.07, 6.45) is 2.70. The minimum absolute atomic E-state index is 0.203. The predicted molar refractivity (Wildman–Crippen MR) is 97.2 cm³/mol. The molecular weight excluding hydrogens is 348 g/mol. The smallest absolute Gasteiger partial charge is 0.409 e. The van der Waals surface area contributed by atoms with Gasteiger partial charge in [-0.1, -0.05) is 30.3 Å². The van der Waals surface area contributed by atoms with Gasteiger partial charge in [0.15, 0.2) is 5.75 Å². The number of carbonyl (C=O) groups excluding carboxylic acids is 2. The number of hydrogen-bond acceptors (Lipinski definition) is 6. The first kappa shape index (κ1) is 18.8. The molecule has 8 nitrogen and oxygen atoms in total. The van der Waals surface area contributed by atoms with E-state index in [9.17, 15) is 14.7 Å². The fourth-order valence-electron chi connectivity index (χ4n) is 2.86. The van der Waals surface area contributed by atoms with E-state index in [4.69, 9.17) is 4.74 Å². The van der Waals surface area contributed by atoms with Gasteiger partial charge in [-0.05, 0) is 30.5 Å². The largest absolute Gasteiger partial charge is 0.415 e. The molecule has 0 radical (unpaired) electrons. The molecule has 1 aliphatic rings. The van der Waals surface area contributed by atoms with Crippen LogP contribution in [0.1, 0.15) is 24.6 Å². The summed E-state index contributed by atoms with van der Waals surface area (Å²) in [5.41, 5.74) is 5.82. The highest BCUT2D eigenvalue weighted by Crippen LogP contribution is 2.19. The van der Waals surface area contributed by atoms with E-state index in [1.165, 1.54) is 6.20 Å². The van der Waals surface area contributed by atoms with Crippen LogP contribution in [-0.4, -0.2) is 40.1 Å². The van der Waals surface area contributed by atoms with Crippen LogP contribution in [-0.2, 0) is 4.79 Å². The zero-order chi connectivity index (χ0) is 19.1. The average molecular weight is 370 g/mol. The van der Waals surface area contributed by atoms with Crippen molar-refractivity contribution in [1.29, 1.82) is 0 Å². The Balaban J connectivity index is 1.42. The van der Waals surface area contributed by atoms with Crippen molar-refractivity contribution in [2.45, 2.75) is 19.1 Å². The highest BCUT2D eigenvalue weighted by atomic mass is 16.6. The Morgan fingerprint density at radius 1 is 1.15 bits per heavy atom. The number of carbonyl (C=O) groups is 2. The molecule has 2 amide bonds. The molecule has 1 aromatic heterocycles. The zero-order valence-electron chi connectivity index (χ0n) is 14.7. The number of benzene rings is 1. The molecule has 2 aromatic rings. The van der Waals surface area contributed by atoms with Gasteiger partial charge in [0.2, 0.25) is 5.91 Å². The molecule has 0 saturated carbocycles. The molecule has 2 heterocycles. The Bertz CT molecular complexity index is 749. The fraction of sp³-hybridized carbons (Fsp3) is 0.316. The van der Waals surface area contributed by atoms with Gasteiger partial charge < -0.3 is 14.7 Å². The molecule has 1 unspecified atom stereocenters. The van der Waals surface area contributed by atoms with Crippen molar-refractivity contribution in [3.63, 3.8) is 0 Å². The van der Waals surface area contributed by atoms with Gasteiger partial charge in [-0.2, -0.15) is 0 Å². The second kappa shape index (κ2) is 9.11. The standard InChI is InChI=1S/C19H22N4O4/c24-17(14-5-2-1-3-6-14)21-22-18(25)15-8-11-23(12-9-15)19(26)27-16-7-4-10-20-13-16/h1-7,10,13,15,17,21,24H,8-9,11-12H2,(H,22,25). The lowest BCUT2D eigenvalue weighted by Crippen LogP contribution is -2.47. The van der Waals surface area contributed by atoms with Crippen LogP contribution in [0.15, 0.2) is 54.9 Å². The Kier molecular flexibility index (Phi) is 6.35. The lowest BCUT2D eigenvalue weighted by atomic mass is 9.96. The van der Waals surface area contributed by atoms with Gasteiger partial charge in [0.25, 0.3) is 0 Å². The summed E-state index contributed by atoms with van der Waals surface area (Å²) in [7, 11) is 0. The molecule has 3 N–H and O–H groups in total. The summed E-state index contributed by atoms with van der Waals surface area (Å²) in [5.74, 6) is -0.0466. The normalized spacial score (nSPS) is 15.8. The second-order valence-corrected chi connectivity index (χ2v) is 6.26. The van der Waals surface area contributed by atoms with Crippen LogP contribution in [0.3, 0.4) is 0 Å². The van der Waals surface area contributed by atoms with Crippen LogP contribution in [0, 0.1) is 5.92 Å². The number of aliphatic hydroxyl groups is 1. The van der Waals surface area contributed by atoms with E-state index in [0.717, 1.165) is 0 Å². The maximum atomic E-state index is 12.3. The number of rotatable bonds is 5. The first-order valence-electron chi connectivity index (χ1n) is 8.78. The number of hydrazine groups is 1. The number of amides is 2. The van der Waals surface area contributed by atoms with E-state index in [2.05, 4.69) is 15.8 Å². The number of hydrogen-bond donors (Lipinski definition) is 3. The highest BCUT2D eigenvalue weighted by molar-refractivity contribution is 5.78. The van der Waals surface area contributed by atoms with Crippen molar-refractivity contribution in [1.82, 2.24) is 20.7 Å². The highest BCUT2D eigenvalue weighted by Gasteiger charge is 2.28. The quantitative estimate of drug-likeness (QED) is 0.546. The molecule has 0 bridgehead atoms. The Morgan fingerprint density at radius 2 is 1.89 bits per heavy atom. The van der Waals surface area contributed by atoms with Crippen LogP contribution in [0.2, 0.25) is 0 Å². The molecule has 8 heteroatoms. The molecular formula is C19H22N4O4. The number of nitrogens with one attached hydrogen (secondary N) is 2. The SMILES string of the molecule is O=C(NNC(O)c1ccccc1)C1CCN(C(=O)Oc2cccnc2)CC1. The summed E-state index contributed by atoms with van der Waals surface area (Å²) in [6, 6.07) is 12.3. The van der Waals surface area contributed by atoms with Crippen LogP contribution < -0.4 is 15.6 Å². The van der Waals surface area contributed by atoms with Gasteiger partial charge in [0.1, 0.15) is 6.23 Å². The second-order valence-electron chi connectivity index (χ2n) is 6.26. The predicted octanol–water partition coefficient (Wildman–Crippen LogP) is 1.60. The summed E-state index contributed by atoms with van der Waals surface area (Å²) in [4.78, 5) is 29.9. The van der Waals surface area contributed by atoms with E-state index in [-0.39, 0.29) is 11.8 Å².